The molecule has 7 heterocycles. The molecule has 0 aliphatic carbocycles. The molecule has 306 valence electrons. The van der Waals surface area contributed by atoms with Crippen LogP contribution in [0.2, 0.25) is 0 Å². The Hall–Kier alpha value is -9.21. The monoisotopic (exact) mass is 843 g/mol. The van der Waals surface area contributed by atoms with Crippen LogP contribution in [0.15, 0.2) is 200 Å². The third-order valence-corrected chi connectivity index (χ3v) is 14.0. The van der Waals surface area contributed by atoms with Crippen LogP contribution in [0.3, 0.4) is 0 Å². The second-order valence-electron chi connectivity index (χ2n) is 17.3. The Bertz CT molecular complexity index is 3840. The van der Waals surface area contributed by atoms with Gasteiger partial charge in [-0.05, 0) is 72.8 Å². The third kappa shape index (κ3) is 4.18. The van der Waals surface area contributed by atoms with Gasteiger partial charge in [-0.3, -0.25) is 14.7 Å². The Labute approximate surface area is 376 Å². The molecule has 3 aliphatic rings. The number of rotatable bonds is 3. The van der Waals surface area contributed by atoms with Crippen LogP contribution >= 0.6 is 0 Å². The van der Waals surface area contributed by atoms with E-state index in [4.69, 9.17) is 15.0 Å². The van der Waals surface area contributed by atoms with E-state index < -0.39 is 0 Å². The lowest BCUT2D eigenvalue weighted by molar-refractivity contribution is 0.944. The summed E-state index contributed by atoms with van der Waals surface area (Å²) in [6.45, 7) is 0. The summed E-state index contributed by atoms with van der Waals surface area (Å²) in [5.74, 6) is 1.54. The van der Waals surface area contributed by atoms with Crippen molar-refractivity contribution >= 4 is 117 Å². The molecule has 9 aromatic carbocycles. The van der Waals surface area contributed by atoms with Crippen LogP contribution in [0.5, 0.6) is 0 Å². The summed E-state index contributed by atoms with van der Waals surface area (Å²) < 4.78 is 7.20. The lowest BCUT2D eigenvalue weighted by atomic mass is 10.1. The minimum absolute atomic E-state index is 0.512. The normalized spacial score (nSPS) is 13.4. The van der Waals surface area contributed by atoms with Crippen molar-refractivity contribution in [1.82, 2.24) is 28.7 Å². The summed E-state index contributed by atoms with van der Waals surface area (Å²) >= 11 is 0. The van der Waals surface area contributed by atoms with Gasteiger partial charge >= 0.3 is 0 Å². The van der Waals surface area contributed by atoms with Crippen molar-refractivity contribution in [3.63, 3.8) is 0 Å². The lowest BCUT2D eigenvalue weighted by Crippen LogP contribution is -2.26. The molecule has 0 unspecified atom stereocenters. The second-order valence-corrected chi connectivity index (χ2v) is 17.3. The number of aromatic nitrogens is 6. The molecule has 0 spiro atoms. The summed E-state index contributed by atoms with van der Waals surface area (Å²) in [7, 11) is 0. The van der Waals surface area contributed by atoms with Gasteiger partial charge < -0.3 is 13.7 Å². The van der Waals surface area contributed by atoms with E-state index in [0.717, 1.165) is 84.3 Å². The van der Waals surface area contributed by atoms with E-state index in [1.807, 2.05) is 0 Å². The summed E-state index contributed by atoms with van der Waals surface area (Å²) in [6.07, 6.45) is 0. The number of para-hydroxylation sites is 12. The number of benzene rings is 9. The molecule has 0 radical (unpaired) electrons. The fraction of sp³-hybridized carbons (Fsp3) is 0. The number of hydrogen-bond donors (Lipinski definition) is 0. The van der Waals surface area contributed by atoms with Gasteiger partial charge in [0.05, 0.1) is 84.3 Å². The molecule has 0 amide bonds. The molecular formula is C57H33N9. The first-order chi connectivity index (χ1) is 32.8. The van der Waals surface area contributed by atoms with Crippen molar-refractivity contribution in [1.29, 1.82) is 0 Å². The SMILES string of the molecule is c1ccc2c(c1)N(c1nc(N3c4ccccc4-n4c5ccccc5c5cccc3c54)nc(N3c4ccccc4-n4c5ccccc5c5cccc3c54)n1)c1cccc3c4ccccc4n-2c13. The van der Waals surface area contributed by atoms with Crippen LogP contribution in [0, 0.1) is 0 Å². The van der Waals surface area contributed by atoms with Gasteiger partial charge in [0, 0.05) is 32.3 Å². The van der Waals surface area contributed by atoms with Crippen LogP contribution in [0.1, 0.15) is 0 Å². The highest BCUT2D eigenvalue weighted by molar-refractivity contribution is 6.19. The molecule has 0 saturated carbocycles. The van der Waals surface area contributed by atoms with E-state index in [2.05, 4.69) is 229 Å². The maximum absolute atomic E-state index is 5.66. The predicted octanol–water partition coefficient (Wildman–Crippen LogP) is 14.5. The van der Waals surface area contributed by atoms with Gasteiger partial charge in [0.25, 0.3) is 0 Å². The van der Waals surface area contributed by atoms with Crippen LogP contribution in [0.25, 0.3) is 82.5 Å². The van der Waals surface area contributed by atoms with Crippen molar-refractivity contribution in [3.8, 4) is 17.1 Å². The Morgan fingerprint density at radius 2 is 0.455 bits per heavy atom. The van der Waals surface area contributed by atoms with Crippen LogP contribution in [-0.4, -0.2) is 28.7 Å². The van der Waals surface area contributed by atoms with Gasteiger partial charge in [0.15, 0.2) is 0 Å². The maximum Gasteiger partial charge on any atom is 0.241 e. The van der Waals surface area contributed by atoms with Crippen molar-refractivity contribution in [2.45, 2.75) is 0 Å². The Kier molecular flexibility index (Phi) is 6.38. The standard InChI is InChI=1S/C57H33N9/c1-4-22-40-34(16-1)37-19-13-31-49-52(37)61(40)43-25-7-10-28-46(43)64(49)55-58-56(65-47-29-11-8-26-44(47)62-41-23-5-2-17-35(41)38-20-14-32-50(65)53(38)62)60-57(59-55)66-48-30-12-9-27-45(48)63-42-24-6-3-18-36(42)39-21-15-33-51(66)54(39)63/h1-33H. The van der Waals surface area contributed by atoms with Crippen molar-refractivity contribution in [3.05, 3.63) is 200 Å². The van der Waals surface area contributed by atoms with E-state index in [0.29, 0.717) is 17.8 Å². The van der Waals surface area contributed by atoms with Gasteiger partial charge in [0.2, 0.25) is 17.8 Å². The Morgan fingerprint density at radius 1 is 0.212 bits per heavy atom. The van der Waals surface area contributed by atoms with Crippen molar-refractivity contribution in [2.24, 2.45) is 0 Å². The minimum Gasteiger partial charge on any atom is -0.305 e. The number of fused-ring (bicyclic) bond motifs is 15. The van der Waals surface area contributed by atoms with E-state index in [1.54, 1.807) is 0 Å². The molecule has 16 rings (SSSR count). The van der Waals surface area contributed by atoms with Gasteiger partial charge in [-0.1, -0.05) is 127 Å². The van der Waals surface area contributed by atoms with Crippen molar-refractivity contribution < 1.29 is 0 Å². The van der Waals surface area contributed by atoms with E-state index in [-0.39, 0.29) is 0 Å². The highest BCUT2D eigenvalue weighted by Crippen LogP contribution is 2.54. The molecule has 66 heavy (non-hydrogen) atoms. The summed E-state index contributed by atoms with van der Waals surface area (Å²) in [5, 5.41) is 7.11. The third-order valence-electron chi connectivity index (χ3n) is 14.0. The number of anilines is 9. The predicted molar refractivity (Wildman–Crippen MR) is 268 cm³/mol. The highest BCUT2D eigenvalue weighted by Gasteiger charge is 2.36. The van der Waals surface area contributed by atoms with Crippen molar-refractivity contribution in [2.75, 3.05) is 14.7 Å². The first-order valence-corrected chi connectivity index (χ1v) is 22.3. The van der Waals surface area contributed by atoms with E-state index in [1.165, 1.54) is 32.3 Å². The van der Waals surface area contributed by atoms with E-state index >= 15 is 0 Å². The van der Waals surface area contributed by atoms with E-state index in [9.17, 15) is 0 Å². The fourth-order valence-electron chi connectivity index (χ4n) is 11.5. The van der Waals surface area contributed by atoms with Gasteiger partial charge in [-0.2, -0.15) is 15.0 Å². The summed E-state index contributed by atoms with van der Waals surface area (Å²) in [5.41, 5.74) is 15.9. The molecule has 0 saturated heterocycles. The average Bonchev–Trinajstić information content (AvgIpc) is 4.03. The van der Waals surface area contributed by atoms with Gasteiger partial charge in [0.1, 0.15) is 0 Å². The average molecular weight is 844 g/mol. The number of hydrogen-bond acceptors (Lipinski definition) is 6. The first-order valence-electron chi connectivity index (χ1n) is 22.3. The van der Waals surface area contributed by atoms with Crippen LogP contribution in [0.4, 0.5) is 52.0 Å². The summed E-state index contributed by atoms with van der Waals surface area (Å²) in [6, 6.07) is 71.6. The first kappa shape index (κ1) is 34.3. The molecule has 3 aliphatic heterocycles. The number of nitrogens with zero attached hydrogens (tertiary/aromatic N) is 9. The summed E-state index contributed by atoms with van der Waals surface area (Å²) in [4.78, 5) is 23.7. The lowest BCUT2D eigenvalue weighted by Gasteiger charge is -2.35. The molecule has 0 bridgehead atoms. The van der Waals surface area contributed by atoms with Gasteiger partial charge in [-0.15, -0.1) is 0 Å². The maximum atomic E-state index is 5.66. The molecule has 0 N–H and O–H groups in total. The molecule has 13 aromatic rings. The molecule has 0 atom stereocenters. The second kappa shape index (κ2) is 12.3. The zero-order chi connectivity index (χ0) is 42.8. The largest absolute Gasteiger partial charge is 0.305 e. The fourth-order valence-corrected chi connectivity index (χ4v) is 11.5. The quantitative estimate of drug-likeness (QED) is 0.177. The zero-order valence-electron chi connectivity index (χ0n) is 35.1. The Balaban J connectivity index is 1.04. The Morgan fingerprint density at radius 3 is 0.773 bits per heavy atom. The smallest absolute Gasteiger partial charge is 0.241 e. The van der Waals surface area contributed by atoms with Crippen LogP contribution in [-0.2, 0) is 0 Å². The molecular weight excluding hydrogens is 811 g/mol. The highest BCUT2D eigenvalue weighted by atomic mass is 15.4. The molecule has 9 nitrogen and oxygen atoms in total. The minimum atomic E-state index is 0.512. The van der Waals surface area contributed by atoms with Gasteiger partial charge in [-0.25, -0.2) is 0 Å². The molecule has 0 fully saturated rings. The molecule has 9 heteroatoms. The molecule has 4 aromatic heterocycles. The topological polar surface area (TPSA) is 63.2 Å². The zero-order valence-corrected chi connectivity index (χ0v) is 35.1. The van der Waals surface area contributed by atoms with Crippen LogP contribution < -0.4 is 14.7 Å².